The topological polar surface area (TPSA) is 19.0 Å². The van der Waals surface area contributed by atoms with Gasteiger partial charge in [-0.25, -0.2) is 0 Å². The van der Waals surface area contributed by atoms with Crippen molar-refractivity contribution in [3.05, 3.63) is 101 Å². The van der Waals surface area contributed by atoms with Crippen LogP contribution in [0.1, 0.15) is 34.7 Å². The molecule has 0 saturated carbocycles. The molecule has 0 bridgehead atoms. The number of nitrogens with zero attached hydrogens (tertiary/aromatic N) is 3. The summed E-state index contributed by atoms with van der Waals surface area (Å²) in [5.41, 5.74) is 5.75. The molecule has 0 radical (unpaired) electrons. The van der Waals surface area contributed by atoms with E-state index in [0.29, 0.717) is 12.1 Å². The van der Waals surface area contributed by atoms with Gasteiger partial charge in [0.1, 0.15) is 5.75 Å². The highest BCUT2D eigenvalue weighted by molar-refractivity contribution is 5.43. The van der Waals surface area contributed by atoms with E-state index in [1.807, 2.05) is 7.11 Å². The maximum Gasteiger partial charge on any atom is 0.122 e. The maximum absolute atomic E-state index is 5.73. The normalized spacial score (nSPS) is 25.0. The Hall–Kier alpha value is -2.66. The first-order valence-electron chi connectivity index (χ1n) is 14.1. The Morgan fingerprint density at radius 3 is 2.14 bits per heavy atom. The molecule has 3 aliphatic rings. The summed E-state index contributed by atoms with van der Waals surface area (Å²) < 4.78 is 5.73. The van der Waals surface area contributed by atoms with Crippen molar-refractivity contribution < 1.29 is 4.74 Å². The molecule has 1 aliphatic carbocycles. The van der Waals surface area contributed by atoms with Gasteiger partial charge in [-0.15, -0.1) is 0 Å². The van der Waals surface area contributed by atoms with Gasteiger partial charge in [0.15, 0.2) is 0 Å². The Kier molecular flexibility index (Phi) is 7.32. The van der Waals surface area contributed by atoms with Crippen molar-refractivity contribution in [2.75, 3.05) is 53.4 Å². The number of ether oxygens (including phenoxy) is 1. The fourth-order valence-corrected chi connectivity index (χ4v) is 7.40. The molecule has 2 heterocycles. The largest absolute Gasteiger partial charge is 0.496 e. The van der Waals surface area contributed by atoms with Crippen molar-refractivity contribution in [3.63, 3.8) is 0 Å². The van der Waals surface area contributed by atoms with E-state index in [9.17, 15) is 0 Å². The predicted octanol–water partition coefficient (Wildman–Crippen LogP) is 5.14. The van der Waals surface area contributed by atoms with E-state index >= 15 is 0 Å². The lowest BCUT2D eigenvalue weighted by Gasteiger charge is -2.48. The third kappa shape index (κ3) is 5.20. The summed E-state index contributed by atoms with van der Waals surface area (Å²) in [7, 11) is 4.18. The van der Waals surface area contributed by atoms with Gasteiger partial charge in [0.2, 0.25) is 0 Å². The van der Waals surface area contributed by atoms with Gasteiger partial charge < -0.3 is 14.5 Å². The zero-order valence-corrected chi connectivity index (χ0v) is 22.4. The number of hydrogen-bond donors (Lipinski definition) is 0. The lowest BCUT2D eigenvalue weighted by molar-refractivity contribution is 0.0376. The Bertz CT molecular complexity index is 1120. The van der Waals surface area contributed by atoms with Crippen molar-refractivity contribution in [2.24, 2.45) is 11.8 Å². The fourth-order valence-electron chi connectivity index (χ4n) is 7.40. The van der Waals surface area contributed by atoms with Crippen LogP contribution in [0.15, 0.2) is 78.9 Å². The smallest absolute Gasteiger partial charge is 0.122 e. The molecule has 0 spiro atoms. The van der Waals surface area contributed by atoms with Gasteiger partial charge in [0.05, 0.1) is 13.2 Å². The Labute approximate surface area is 222 Å². The third-order valence-corrected chi connectivity index (χ3v) is 9.16. The quantitative estimate of drug-likeness (QED) is 0.471. The summed E-state index contributed by atoms with van der Waals surface area (Å²) in [5, 5.41) is 0. The molecule has 6 rings (SSSR count). The zero-order chi connectivity index (χ0) is 25.2. The minimum absolute atomic E-state index is 0.336. The number of likely N-dealkylation sites (N-methyl/N-ethyl adjacent to an activating group) is 1. The fraction of sp³-hybridized carbons (Fsp3) is 0.455. The summed E-state index contributed by atoms with van der Waals surface area (Å²) in [5.74, 6) is 2.56. The van der Waals surface area contributed by atoms with Crippen molar-refractivity contribution in [1.29, 1.82) is 0 Å². The summed E-state index contributed by atoms with van der Waals surface area (Å²) >= 11 is 0. The number of piperidine rings is 1. The van der Waals surface area contributed by atoms with Crippen LogP contribution in [0, 0.1) is 11.8 Å². The van der Waals surface area contributed by atoms with Crippen LogP contribution in [0.3, 0.4) is 0 Å². The van der Waals surface area contributed by atoms with E-state index in [1.54, 1.807) is 0 Å². The second kappa shape index (κ2) is 11.0. The molecule has 0 aromatic heterocycles. The van der Waals surface area contributed by atoms with E-state index in [2.05, 4.69) is 101 Å². The predicted molar refractivity (Wildman–Crippen MR) is 151 cm³/mol. The van der Waals surface area contributed by atoms with Crippen LogP contribution in [-0.2, 0) is 12.8 Å². The van der Waals surface area contributed by atoms with Crippen LogP contribution in [-0.4, -0.2) is 74.2 Å². The highest BCUT2D eigenvalue weighted by atomic mass is 16.5. The number of rotatable bonds is 6. The number of likely N-dealkylation sites (tertiary alicyclic amines) is 1. The number of methoxy groups -OCH3 is 1. The highest BCUT2D eigenvalue weighted by Crippen LogP contribution is 2.40. The SMILES string of the molecule is COc1cccc2c1C[C@H]1C[C@@H](CN3CCN(C(c4ccccc4)c4ccccc4)CC3)CN(C)[C@@H]1C2. The second-order valence-corrected chi connectivity index (χ2v) is 11.4. The summed E-state index contributed by atoms with van der Waals surface area (Å²) in [6.45, 7) is 6.99. The molecule has 2 saturated heterocycles. The molecule has 3 aromatic rings. The molecule has 2 fully saturated rings. The molecule has 4 heteroatoms. The lowest BCUT2D eigenvalue weighted by atomic mass is 9.72. The minimum atomic E-state index is 0.336. The van der Waals surface area contributed by atoms with Gasteiger partial charge in [-0.1, -0.05) is 72.8 Å². The Morgan fingerprint density at radius 1 is 0.811 bits per heavy atom. The molecule has 3 aromatic carbocycles. The van der Waals surface area contributed by atoms with Gasteiger partial charge in [0.25, 0.3) is 0 Å². The molecule has 3 atom stereocenters. The second-order valence-electron chi connectivity index (χ2n) is 11.4. The number of hydrogen-bond acceptors (Lipinski definition) is 4. The molecular formula is C33H41N3O. The Balaban J connectivity index is 1.10. The minimum Gasteiger partial charge on any atom is -0.496 e. The monoisotopic (exact) mass is 495 g/mol. The molecule has 0 amide bonds. The van der Waals surface area contributed by atoms with Crippen LogP contribution in [0.5, 0.6) is 5.75 Å². The van der Waals surface area contributed by atoms with Crippen molar-refractivity contribution in [3.8, 4) is 5.75 Å². The van der Waals surface area contributed by atoms with Crippen LogP contribution in [0.25, 0.3) is 0 Å². The molecule has 37 heavy (non-hydrogen) atoms. The first kappa shape index (κ1) is 24.7. The van der Waals surface area contributed by atoms with Gasteiger partial charge >= 0.3 is 0 Å². The van der Waals surface area contributed by atoms with E-state index in [0.717, 1.165) is 50.2 Å². The molecule has 2 aliphatic heterocycles. The maximum atomic E-state index is 5.73. The van der Waals surface area contributed by atoms with Gasteiger partial charge in [0, 0.05) is 45.3 Å². The summed E-state index contributed by atoms with van der Waals surface area (Å²) in [6, 6.07) is 29.7. The van der Waals surface area contributed by atoms with Gasteiger partial charge in [-0.05, 0) is 66.5 Å². The summed E-state index contributed by atoms with van der Waals surface area (Å²) in [4.78, 5) is 8.09. The molecule has 194 valence electrons. The van der Waals surface area contributed by atoms with Crippen LogP contribution < -0.4 is 4.74 Å². The number of piperazine rings is 1. The number of fused-ring (bicyclic) bond motifs is 2. The van der Waals surface area contributed by atoms with Crippen LogP contribution >= 0.6 is 0 Å². The third-order valence-electron chi connectivity index (χ3n) is 9.16. The number of benzene rings is 3. The Morgan fingerprint density at radius 2 is 1.49 bits per heavy atom. The first-order chi connectivity index (χ1) is 18.2. The summed E-state index contributed by atoms with van der Waals surface area (Å²) in [6.07, 6.45) is 3.66. The van der Waals surface area contributed by atoms with Crippen LogP contribution in [0.4, 0.5) is 0 Å². The van der Waals surface area contributed by atoms with Crippen LogP contribution in [0.2, 0.25) is 0 Å². The lowest BCUT2D eigenvalue weighted by Crippen LogP contribution is -2.54. The van der Waals surface area contributed by atoms with Crippen molar-refractivity contribution in [2.45, 2.75) is 31.3 Å². The average molecular weight is 496 g/mol. The van der Waals surface area contributed by atoms with E-state index in [1.165, 1.54) is 48.2 Å². The van der Waals surface area contributed by atoms with Crippen molar-refractivity contribution >= 4 is 0 Å². The molecular weight excluding hydrogens is 454 g/mol. The first-order valence-corrected chi connectivity index (χ1v) is 14.1. The van der Waals surface area contributed by atoms with Gasteiger partial charge in [-0.3, -0.25) is 4.90 Å². The standard InChI is InChI=1S/C33H41N3O/c1-34-23-25(20-29-21-30-28(22-31(29)34)14-9-15-32(30)37-2)24-35-16-18-36(19-17-35)33(26-10-5-3-6-11-26)27-12-7-4-8-13-27/h3-15,25,29,31,33H,16-24H2,1-2H3/t25-,29-,31-/m1/s1. The highest BCUT2D eigenvalue weighted by Gasteiger charge is 2.39. The molecule has 0 N–H and O–H groups in total. The molecule has 0 unspecified atom stereocenters. The van der Waals surface area contributed by atoms with E-state index in [4.69, 9.17) is 4.74 Å². The average Bonchev–Trinajstić information content (AvgIpc) is 2.94. The van der Waals surface area contributed by atoms with E-state index < -0.39 is 0 Å². The molecule has 4 nitrogen and oxygen atoms in total. The van der Waals surface area contributed by atoms with Gasteiger partial charge in [-0.2, -0.15) is 0 Å². The van der Waals surface area contributed by atoms with Crippen molar-refractivity contribution in [1.82, 2.24) is 14.7 Å². The van der Waals surface area contributed by atoms with E-state index in [-0.39, 0.29) is 0 Å². The zero-order valence-electron chi connectivity index (χ0n) is 22.4.